The molecule has 0 bridgehead atoms. The van der Waals surface area contributed by atoms with Crippen LogP contribution < -0.4 is 15.8 Å². The van der Waals surface area contributed by atoms with Crippen LogP contribution in [-0.4, -0.2) is 18.1 Å². The molecule has 1 fully saturated rings. The summed E-state index contributed by atoms with van der Waals surface area (Å²) in [6.45, 7) is 0. The molecule has 2 rings (SSSR count). The molecule has 0 aromatic heterocycles. The number of anilines is 2. The maximum absolute atomic E-state index is 12.6. The molecule has 0 saturated carbocycles. The molecule has 4 N–H and O–H groups in total. The van der Waals surface area contributed by atoms with Crippen molar-refractivity contribution in [3.05, 3.63) is 18.2 Å². The Kier molecular flexibility index (Phi) is 4.14. The Bertz CT molecular complexity index is 521. The van der Waals surface area contributed by atoms with Gasteiger partial charge in [0, 0.05) is 28.7 Å². The van der Waals surface area contributed by atoms with Crippen LogP contribution in [0.2, 0.25) is 0 Å². The van der Waals surface area contributed by atoms with Crippen LogP contribution in [0.15, 0.2) is 23.1 Å². The summed E-state index contributed by atoms with van der Waals surface area (Å²) in [6.07, 6.45) is -4.98. The van der Waals surface area contributed by atoms with Gasteiger partial charge >= 0.3 is 6.18 Å². The Morgan fingerprint density at radius 2 is 2.10 bits per heavy atom. The summed E-state index contributed by atoms with van der Waals surface area (Å²) in [5, 5.41) is 5.44. The van der Waals surface area contributed by atoms with Gasteiger partial charge in [-0.05, 0) is 36.6 Å². The second kappa shape index (κ2) is 5.53. The van der Waals surface area contributed by atoms with Gasteiger partial charge in [-0.2, -0.15) is 13.2 Å². The van der Waals surface area contributed by atoms with Gasteiger partial charge in [0.15, 0.2) is 0 Å². The first-order chi connectivity index (χ1) is 9.31. The summed E-state index contributed by atoms with van der Waals surface area (Å²) in [5.74, 6) is -0.308. The van der Waals surface area contributed by atoms with Crippen molar-refractivity contribution in [1.82, 2.24) is 0 Å². The lowest BCUT2D eigenvalue weighted by molar-refractivity contribution is -0.138. The van der Waals surface area contributed by atoms with Gasteiger partial charge < -0.3 is 10.6 Å². The van der Waals surface area contributed by atoms with E-state index in [4.69, 9.17) is 10.9 Å². The molecule has 1 heterocycles. The predicted octanol–water partition coefficient (Wildman–Crippen LogP) is 2.68. The van der Waals surface area contributed by atoms with Crippen molar-refractivity contribution in [1.29, 1.82) is 0 Å². The zero-order valence-corrected chi connectivity index (χ0v) is 11.3. The molecule has 4 nitrogen and oxygen atoms in total. The smallest absolute Gasteiger partial charge is 0.391 e. The van der Waals surface area contributed by atoms with E-state index < -0.39 is 18.6 Å². The zero-order chi connectivity index (χ0) is 14.9. The molecule has 1 atom stereocenters. The molecule has 110 valence electrons. The first-order valence-electron chi connectivity index (χ1n) is 5.97. The van der Waals surface area contributed by atoms with Gasteiger partial charge in [0.25, 0.3) is 0 Å². The number of hydrogen-bond donors (Lipinski definition) is 2. The lowest BCUT2D eigenvalue weighted by Crippen LogP contribution is -2.36. The molecule has 0 aliphatic carbocycles. The van der Waals surface area contributed by atoms with E-state index in [1.165, 1.54) is 4.90 Å². The highest BCUT2D eigenvalue weighted by molar-refractivity contribution is 7.97. The highest BCUT2D eigenvalue weighted by atomic mass is 32.2. The number of rotatable bonds is 3. The molecule has 1 aromatic rings. The number of nitrogen functional groups attached to an aromatic ring is 1. The average molecular weight is 305 g/mol. The molecular weight excluding hydrogens is 291 g/mol. The number of nitrogens with zero attached hydrogens (tertiary/aromatic N) is 1. The second-order valence-corrected chi connectivity index (χ2v) is 5.29. The number of carbonyl (C=O) groups is 1. The molecule has 0 spiro atoms. The minimum absolute atomic E-state index is 0.121. The summed E-state index contributed by atoms with van der Waals surface area (Å²) in [5.41, 5.74) is 6.52. The third-order valence-corrected chi connectivity index (χ3v) is 3.80. The van der Waals surface area contributed by atoms with Crippen LogP contribution in [-0.2, 0) is 4.79 Å². The lowest BCUT2D eigenvalue weighted by atomic mass is 10.1. The van der Waals surface area contributed by atoms with Crippen LogP contribution in [0.3, 0.4) is 0 Å². The van der Waals surface area contributed by atoms with Gasteiger partial charge in [-0.25, -0.2) is 0 Å². The van der Waals surface area contributed by atoms with E-state index in [1.54, 1.807) is 18.2 Å². The lowest BCUT2D eigenvalue weighted by Gasteiger charge is -2.26. The number of amides is 1. The largest absolute Gasteiger partial charge is 0.398 e. The van der Waals surface area contributed by atoms with E-state index in [-0.39, 0.29) is 18.7 Å². The first-order valence-corrected chi connectivity index (χ1v) is 6.85. The minimum Gasteiger partial charge on any atom is -0.398 e. The maximum Gasteiger partial charge on any atom is 0.391 e. The van der Waals surface area contributed by atoms with E-state index in [0.29, 0.717) is 16.3 Å². The minimum atomic E-state index is -4.30. The first kappa shape index (κ1) is 15.0. The Labute approximate surface area is 118 Å². The number of nitrogens with two attached hydrogens (primary N) is 2. The van der Waals surface area contributed by atoms with Crippen LogP contribution >= 0.6 is 11.9 Å². The number of carbonyl (C=O) groups excluding carboxylic acids is 1. The highest BCUT2D eigenvalue weighted by Gasteiger charge is 2.40. The Hall–Kier alpha value is -1.41. The number of benzene rings is 1. The fourth-order valence-electron chi connectivity index (χ4n) is 2.33. The van der Waals surface area contributed by atoms with Gasteiger partial charge in [-0.3, -0.25) is 9.93 Å². The normalized spacial score (nSPS) is 19.7. The third-order valence-electron chi connectivity index (χ3n) is 3.19. The second-order valence-electron chi connectivity index (χ2n) is 4.62. The number of hydrogen-bond acceptors (Lipinski definition) is 4. The summed E-state index contributed by atoms with van der Waals surface area (Å²) < 4.78 is 37.7. The molecule has 1 unspecified atom stereocenters. The van der Waals surface area contributed by atoms with Crippen LogP contribution in [0.25, 0.3) is 0 Å². The third kappa shape index (κ3) is 3.18. The van der Waals surface area contributed by atoms with E-state index in [2.05, 4.69) is 0 Å². The summed E-state index contributed by atoms with van der Waals surface area (Å²) in [6, 6.07) is 3.77. The van der Waals surface area contributed by atoms with E-state index in [9.17, 15) is 18.0 Å². The predicted molar refractivity (Wildman–Crippen MR) is 72.1 cm³/mol. The fourth-order valence-corrected chi connectivity index (χ4v) is 2.73. The summed E-state index contributed by atoms with van der Waals surface area (Å²) in [7, 11) is 0. The van der Waals surface area contributed by atoms with Crippen LogP contribution in [0.1, 0.15) is 19.3 Å². The molecular formula is C12H14F3N3OS. The monoisotopic (exact) mass is 305 g/mol. The molecule has 0 radical (unpaired) electrons. The number of alkyl halides is 3. The van der Waals surface area contributed by atoms with E-state index >= 15 is 0 Å². The Morgan fingerprint density at radius 1 is 1.40 bits per heavy atom. The molecule has 1 amide bonds. The summed E-state index contributed by atoms with van der Waals surface area (Å²) >= 11 is 0.899. The zero-order valence-electron chi connectivity index (χ0n) is 10.5. The van der Waals surface area contributed by atoms with Crippen molar-refractivity contribution in [2.45, 2.75) is 36.4 Å². The van der Waals surface area contributed by atoms with Crippen LogP contribution in [0, 0.1) is 0 Å². The van der Waals surface area contributed by atoms with Gasteiger partial charge in [0.2, 0.25) is 5.91 Å². The molecule has 1 saturated heterocycles. The van der Waals surface area contributed by atoms with Gasteiger partial charge in [-0.15, -0.1) is 0 Å². The van der Waals surface area contributed by atoms with Crippen molar-refractivity contribution in [3.63, 3.8) is 0 Å². The van der Waals surface area contributed by atoms with E-state index in [1.807, 2.05) is 0 Å². The molecule has 1 aliphatic heterocycles. The fraction of sp³-hybridized carbons (Fsp3) is 0.417. The summed E-state index contributed by atoms with van der Waals surface area (Å²) in [4.78, 5) is 13.6. The van der Waals surface area contributed by atoms with Crippen molar-refractivity contribution in [3.8, 4) is 0 Å². The SMILES string of the molecule is NSc1cc(N2C(=O)CCC2CC(F)(F)F)ccc1N. The maximum atomic E-state index is 12.6. The van der Waals surface area contributed by atoms with Crippen molar-refractivity contribution >= 4 is 29.2 Å². The van der Waals surface area contributed by atoms with E-state index in [0.717, 1.165) is 11.9 Å². The van der Waals surface area contributed by atoms with Crippen molar-refractivity contribution in [2.75, 3.05) is 10.6 Å². The topological polar surface area (TPSA) is 72.3 Å². The van der Waals surface area contributed by atoms with Crippen molar-refractivity contribution < 1.29 is 18.0 Å². The molecule has 1 aliphatic rings. The van der Waals surface area contributed by atoms with Crippen molar-refractivity contribution in [2.24, 2.45) is 5.14 Å². The Balaban J connectivity index is 2.30. The Morgan fingerprint density at radius 3 is 2.70 bits per heavy atom. The average Bonchev–Trinajstić information content (AvgIpc) is 2.69. The van der Waals surface area contributed by atoms with Crippen LogP contribution in [0.4, 0.5) is 24.5 Å². The molecule has 20 heavy (non-hydrogen) atoms. The molecule has 1 aromatic carbocycles. The standard InChI is InChI=1S/C12H14F3N3OS/c13-12(14,15)6-8-2-4-11(19)18(8)7-1-3-9(16)10(5-7)20-17/h1,3,5,8H,2,4,6,16-17H2. The van der Waals surface area contributed by atoms with Crippen LogP contribution in [0.5, 0.6) is 0 Å². The van der Waals surface area contributed by atoms with Gasteiger partial charge in [-0.1, -0.05) is 0 Å². The van der Waals surface area contributed by atoms with Gasteiger partial charge in [0.1, 0.15) is 0 Å². The highest BCUT2D eigenvalue weighted by Crippen LogP contribution is 2.36. The number of halogens is 3. The van der Waals surface area contributed by atoms with Gasteiger partial charge in [0.05, 0.1) is 6.42 Å². The molecule has 8 heteroatoms. The quantitative estimate of drug-likeness (QED) is 0.665.